The summed E-state index contributed by atoms with van der Waals surface area (Å²) in [6.07, 6.45) is 0.833. The highest BCUT2D eigenvalue weighted by Gasteiger charge is 2.12. The van der Waals surface area contributed by atoms with Gasteiger partial charge in [0.05, 0.1) is 31.9 Å². The van der Waals surface area contributed by atoms with Gasteiger partial charge in [0.25, 0.3) is 0 Å². The molecule has 0 radical (unpaired) electrons. The molecule has 1 heterocycles. The summed E-state index contributed by atoms with van der Waals surface area (Å²) in [6.45, 7) is 1.72. The summed E-state index contributed by atoms with van der Waals surface area (Å²) in [5, 5.41) is 0. The summed E-state index contributed by atoms with van der Waals surface area (Å²) in [4.78, 5) is 4.78. The number of rotatable bonds is 10. The Kier molecular flexibility index (Phi) is 6.57. The Bertz CT molecular complexity index is 1140. The van der Waals surface area contributed by atoms with E-state index in [0.717, 1.165) is 41.3 Å². The maximum atomic E-state index is 6.03. The second kappa shape index (κ2) is 9.89. The molecule has 0 saturated heterocycles. The van der Waals surface area contributed by atoms with Crippen LogP contribution in [-0.4, -0.2) is 30.4 Å². The second-order valence-corrected chi connectivity index (χ2v) is 6.99. The average molecular weight is 418 g/mol. The first kappa shape index (κ1) is 20.6. The molecule has 0 unspecified atom stereocenters. The lowest BCUT2D eigenvalue weighted by atomic mass is 10.3. The van der Waals surface area contributed by atoms with Gasteiger partial charge in [0.15, 0.2) is 11.5 Å². The number of ether oxygens (including phenoxy) is 4. The fraction of sp³-hybridized carbons (Fsp3) is 0.240. The third kappa shape index (κ3) is 4.91. The summed E-state index contributed by atoms with van der Waals surface area (Å²) in [5.74, 6) is 3.86. The van der Waals surface area contributed by atoms with Gasteiger partial charge in [-0.3, -0.25) is 0 Å². The monoisotopic (exact) mass is 418 g/mol. The van der Waals surface area contributed by atoms with E-state index in [1.54, 1.807) is 14.2 Å². The molecular weight excluding hydrogens is 392 g/mol. The number of methoxy groups -OCH3 is 2. The largest absolute Gasteiger partial charge is 0.497 e. The molecular formula is C25H26N2O4. The van der Waals surface area contributed by atoms with Gasteiger partial charge in [-0.15, -0.1) is 0 Å². The number of hydrogen-bond acceptors (Lipinski definition) is 5. The molecule has 0 saturated carbocycles. The normalized spacial score (nSPS) is 10.8. The predicted molar refractivity (Wildman–Crippen MR) is 120 cm³/mol. The fourth-order valence-electron chi connectivity index (χ4n) is 3.47. The first-order chi connectivity index (χ1) is 15.3. The van der Waals surface area contributed by atoms with Crippen molar-refractivity contribution in [2.75, 3.05) is 20.8 Å². The Labute approximate surface area is 182 Å². The third-order valence-corrected chi connectivity index (χ3v) is 5.00. The number of benzene rings is 3. The zero-order valence-corrected chi connectivity index (χ0v) is 17.8. The van der Waals surface area contributed by atoms with Gasteiger partial charge in [-0.25, -0.2) is 4.98 Å². The van der Waals surface area contributed by atoms with Crippen molar-refractivity contribution in [3.8, 4) is 23.0 Å². The van der Waals surface area contributed by atoms with Crippen LogP contribution in [0.5, 0.6) is 23.0 Å². The van der Waals surface area contributed by atoms with Crippen LogP contribution in [0, 0.1) is 0 Å². The van der Waals surface area contributed by atoms with Crippen molar-refractivity contribution in [2.24, 2.45) is 0 Å². The number of fused-ring (bicyclic) bond motifs is 1. The van der Waals surface area contributed by atoms with Crippen LogP contribution in [-0.2, 0) is 13.2 Å². The highest BCUT2D eigenvalue weighted by molar-refractivity contribution is 5.75. The maximum Gasteiger partial charge on any atom is 0.161 e. The molecule has 0 spiro atoms. The van der Waals surface area contributed by atoms with E-state index in [2.05, 4.69) is 10.6 Å². The number of imidazole rings is 1. The number of para-hydroxylation sites is 4. The Morgan fingerprint density at radius 1 is 0.774 bits per heavy atom. The van der Waals surface area contributed by atoms with Crippen LogP contribution in [0.1, 0.15) is 12.2 Å². The van der Waals surface area contributed by atoms with Crippen LogP contribution in [0.3, 0.4) is 0 Å². The van der Waals surface area contributed by atoms with Crippen molar-refractivity contribution in [3.05, 3.63) is 78.6 Å². The van der Waals surface area contributed by atoms with Gasteiger partial charge in [0.1, 0.15) is 23.9 Å². The zero-order chi connectivity index (χ0) is 21.5. The Morgan fingerprint density at radius 2 is 1.55 bits per heavy atom. The zero-order valence-electron chi connectivity index (χ0n) is 17.8. The van der Waals surface area contributed by atoms with Crippen LogP contribution in [0.4, 0.5) is 0 Å². The van der Waals surface area contributed by atoms with E-state index >= 15 is 0 Å². The van der Waals surface area contributed by atoms with Crippen molar-refractivity contribution < 1.29 is 18.9 Å². The number of nitrogens with zero attached hydrogens (tertiary/aromatic N) is 2. The first-order valence-corrected chi connectivity index (χ1v) is 10.3. The molecule has 0 amide bonds. The standard InChI is InChI=1S/C25H26N2O4/c1-28-19-9-7-10-20(17-19)30-16-8-15-27-22-12-4-3-11-21(22)26-25(27)18-31-24-14-6-5-13-23(24)29-2/h3-7,9-14,17H,8,15-16,18H2,1-2H3. The summed E-state index contributed by atoms with van der Waals surface area (Å²) in [7, 11) is 3.29. The fourth-order valence-corrected chi connectivity index (χ4v) is 3.47. The smallest absolute Gasteiger partial charge is 0.161 e. The lowest BCUT2D eigenvalue weighted by Crippen LogP contribution is -2.10. The van der Waals surface area contributed by atoms with Crippen LogP contribution in [0.15, 0.2) is 72.8 Å². The van der Waals surface area contributed by atoms with Gasteiger partial charge < -0.3 is 23.5 Å². The molecule has 0 aliphatic carbocycles. The number of hydrogen-bond donors (Lipinski definition) is 0. The molecule has 0 fully saturated rings. The van der Waals surface area contributed by atoms with E-state index in [0.29, 0.717) is 24.7 Å². The van der Waals surface area contributed by atoms with E-state index in [1.807, 2.05) is 66.7 Å². The Morgan fingerprint density at radius 3 is 2.39 bits per heavy atom. The van der Waals surface area contributed by atoms with Crippen LogP contribution in [0.2, 0.25) is 0 Å². The second-order valence-electron chi connectivity index (χ2n) is 6.99. The van der Waals surface area contributed by atoms with E-state index in [1.165, 1.54) is 0 Å². The highest BCUT2D eigenvalue weighted by atomic mass is 16.5. The van der Waals surface area contributed by atoms with E-state index in [-0.39, 0.29) is 0 Å². The molecule has 0 aliphatic rings. The predicted octanol–water partition coefficient (Wildman–Crippen LogP) is 5.10. The van der Waals surface area contributed by atoms with Crippen molar-refractivity contribution in [1.82, 2.24) is 9.55 Å². The van der Waals surface area contributed by atoms with Gasteiger partial charge in [0, 0.05) is 12.6 Å². The van der Waals surface area contributed by atoms with Crippen LogP contribution in [0.25, 0.3) is 11.0 Å². The molecule has 1 aromatic heterocycles. The molecule has 31 heavy (non-hydrogen) atoms. The third-order valence-electron chi connectivity index (χ3n) is 5.00. The average Bonchev–Trinajstić information content (AvgIpc) is 3.18. The van der Waals surface area contributed by atoms with Crippen molar-refractivity contribution >= 4 is 11.0 Å². The van der Waals surface area contributed by atoms with Crippen molar-refractivity contribution in [2.45, 2.75) is 19.6 Å². The quantitative estimate of drug-likeness (QED) is 0.335. The van der Waals surface area contributed by atoms with Gasteiger partial charge in [0.2, 0.25) is 0 Å². The minimum atomic E-state index is 0.353. The maximum absolute atomic E-state index is 6.03. The number of aryl methyl sites for hydroxylation is 1. The topological polar surface area (TPSA) is 54.7 Å². The minimum absolute atomic E-state index is 0.353. The highest BCUT2D eigenvalue weighted by Crippen LogP contribution is 2.27. The Hall–Kier alpha value is -3.67. The van der Waals surface area contributed by atoms with Gasteiger partial charge >= 0.3 is 0 Å². The van der Waals surface area contributed by atoms with E-state index in [9.17, 15) is 0 Å². The Balaban J connectivity index is 1.44. The molecule has 160 valence electrons. The van der Waals surface area contributed by atoms with Crippen LogP contribution < -0.4 is 18.9 Å². The summed E-state index contributed by atoms with van der Waals surface area (Å²) < 4.78 is 24.8. The van der Waals surface area contributed by atoms with E-state index in [4.69, 9.17) is 23.9 Å². The molecule has 0 aliphatic heterocycles. The molecule has 4 rings (SSSR count). The molecule has 3 aromatic carbocycles. The lowest BCUT2D eigenvalue weighted by molar-refractivity contribution is 0.267. The minimum Gasteiger partial charge on any atom is -0.497 e. The SMILES string of the molecule is COc1cccc(OCCCn2c(COc3ccccc3OC)nc3ccccc32)c1. The van der Waals surface area contributed by atoms with Crippen molar-refractivity contribution in [1.29, 1.82) is 0 Å². The molecule has 0 atom stereocenters. The van der Waals surface area contributed by atoms with Gasteiger partial charge in [-0.05, 0) is 42.8 Å². The molecule has 0 bridgehead atoms. The molecule has 0 N–H and O–H groups in total. The summed E-state index contributed by atoms with van der Waals surface area (Å²) >= 11 is 0. The first-order valence-electron chi connectivity index (χ1n) is 10.3. The van der Waals surface area contributed by atoms with Crippen LogP contribution >= 0.6 is 0 Å². The van der Waals surface area contributed by atoms with E-state index < -0.39 is 0 Å². The number of aromatic nitrogens is 2. The lowest BCUT2D eigenvalue weighted by Gasteiger charge is -2.13. The summed E-state index contributed by atoms with van der Waals surface area (Å²) in [6, 6.07) is 23.4. The molecule has 6 heteroatoms. The van der Waals surface area contributed by atoms with Gasteiger partial charge in [-0.1, -0.05) is 30.3 Å². The molecule has 4 aromatic rings. The van der Waals surface area contributed by atoms with Gasteiger partial charge in [-0.2, -0.15) is 0 Å². The molecule has 6 nitrogen and oxygen atoms in total. The summed E-state index contributed by atoms with van der Waals surface area (Å²) in [5.41, 5.74) is 2.04. The van der Waals surface area contributed by atoms with Crippen molar-refractivity contribution in [3.63, 3.8) is 0 Å².